The monoisotopic (exact) mass is 361 g/mol. The fourth-order valence-corrected chi connectivity index (χ4v) is 2.47. The Bertz CT molecular complexity index is 902. The summed E-state index contributed by atoms with van der Waals surface area (Å²) in [5, 5.41) is 13.7. The first kappa shape index (κ1) is 17.6. The molecule has 26 heavy (non-hydrogen) atoms. The maximum absolute atomic E-state index is 12.4. The molecule has 1 amide bonds. The quantitative estimate of drug-likeness (QED) is 0.704. The largest absolute Gasteiger partial charge is 0.435 e. The summed E-state index contributed by atoms with van der Waals surface area (Å²) in [4.78, 5) is 12.4. The van der Waals surface area contributed by atoms with Crippen LogP contribution in [-0.2, 0) is 6.54 Å². The van der Waals surface area contributed by atoms with E-state index in [0.29, 0.717) is 23.5 Å². The summed E-state index contributed by atoms with van der Waals surface area (Å²) in [6, 6.07) is 7.59. The van der Waals surface area contributed by atoms with Crippen LogP contribution in [0.2, 0.25) is 0 Å². The van der Waals surface area contributed by atoms with Gasteiger partial charge in [0.2, 0.25) is 0 Å². The van der Waals surface area contributed by atoms with E-state index in [4.69, 9.17) is 0 Å². The minimum absolute atomic E-state index is 0.0562. The molecule has 0 atom stereocenters. The van der Waals surface area contributed by atoms with Gasteiger partial charge in [0, 0.05) is 12.1 Å². The van der Waals surface area contributed by atoms with Gasteiger partial charge in [0.05, 0.1) is 23.3 Å². The normalized spacial score (nSPS) is 11.0. The molecule has 0 aliphatic heterocycles. The number of halogens is 2. The van der Waals surface area contributed by atoms with Crippen molar-refractivity contribution in [1.29, 1.82) is 0 Å². The SMILES string of the molecule is CCn1ncc(NC(=O)c2cc(-c3ccc(OC(F)F)cc3)n[nH]2)c1C. The van der Waals surface area contributed by atoms with Crippen molar-refractivity contribution in [1.82, 2.24) is 20.0 Å². The van der Waals surface area contributed by atoms with E-state index in [2.05, 4.69) is 25.3 Å². The smallest absolute Gasteiger partial charge is 0.387 e. The van der Waals surface area contributed by atoms with Crippen LogP contribution in [0, 0.1) is 6.92 Å². The van der Waals surface area contributed by atoms with E-state index in [1.54, 1.807) is 29.1 Å². The van der Waals surface area contributed by atoms with Crippen LogP contribution in [0.3, 0.4) is 0 Å². The summed E-state index contributed by atoms with van der Waals surface area (Å²) in [7, 11) is 0. The lowest BCUT2D eigenvalue weighted by molar-refractivity contribution is -0.0498. The lowest BCUT2D eigenvalue weighted by atomic mass is 10.1. The third-order valence-electron chi connectivity index (χ3n) is 3.85. The van der Waals surface area contributed by atoms with Crippen molar-refractivity contribution in [3.8, 4) is 17.0 Å². The van der Waals surface area contributed by atoms with Crippen molar-refractivity contribution in [2.45, 2.75) is 27.0 Å². The number of amides is 1. The van der Waals surface area contributed by atoms with Gasteiger partial charge in [-0.1, -0.05) is 0 Å². The van der Waals surface area contributed by atoms with Crippen LogP contribution in [0.15, 0.2) is 36.5 Å². The van der Waals surface area contributed by atoms with E-state index in [-0.39, 0.29) is 17.4 Å². The number of nitrogens with one attached hydrogen (secondary N) is 2. The van der Waals surface area contributed by atoms with Gasteiger partial charge in [0.15, 0.2) is 0 Å². The number of hydrogen-bond donors (Lipinski definition) is 2. The number of carbonyl (C=O) groups excluding carboxylic acids is 1. The second kappa shape index (κ2) is 7.34. The second-order valence-corrected chi connectivity index (χ2v) is 5.48. The number of H-pyrrole nitrogens is 1. The molecule has 0 bridgehead atoms. The van der Waals surface area contributed by atoms with E-state index >= 15 is 0 Å². The van der Waals surface area contributed by atoms with Crippen molar-refractivity contribution in [2.75, 3.05) is 5.32 Å². The lowest BCUT2D eigenvalue weighted by Gasteiger charge is -2.04. The van der Waals surface area contributed by atoms with Crippen LogP contribution in [0.1, 0.15) is 23.1 Å². The van der Waals surface area contributed by atoms with Crippen LogP contribution in [0.25, 0.3) is 11.3 Å². The molecule has 0 unspecified atom stereocenters. The van der Waals surface area contributed by atoms with E-state index in [0.717, 1.165) is 5.69 Å². The van der Waals surface area contributed by atoms with Crippen molar-refractivity contribution in [3.63, 3.8) is 0 Å². The van der Waals surface area contributed by atoms with Gasteiger partial charge in [-0.25, -0.2) is 0 Å². The fourth-order valence-electron chi connectivity index (χ4n) is 2.47. The molecule has 2 N–H and O–H groups in total. The van der Waals surface area contributed by atoms with Gasteiger partial charge in [0.25, 0.3) is 5.91 Å². The first-order valence-electron chi connectivity index (χ1n) is 7.92. The van der Waals surface area contributed by atoms with Gasteiger partial charge in [-0.2, -0.15) is 19.0 Å². The Morgan fingerprint density at radius 1 is 1.35 bits per heavy atom. The summed E-state index contributed by atoms with van der Waals surface area (Å²) in [6.07, 6.45) is 1.59. The number of alkyl halides is 2. The summed E-state index contributed by atoms with van der Waals surface area (Å²) in [5.74, 6) is -0.291. The Morgan fingerprint density at radius 2 is 2.08 bits per heavy atom. The molecular formula is C17H17F2N5O2. The summed E-state index contributed by atoms with van der Waals surface area (Å²) in [6.45, 7) is 1.67. The molecule has 0 aliphatic rings. The van der Waals surface area contributed by atoms with Crippen LogP contribution in [0.4, 0.5) is 14.5 Å². The lowest BCUT2D eigenvalue weighted by Crippen LogP contribution is -2.13. The zero-order chi connectivity index (χ0) is 18.7. The number of rotatable bonds is 6. The molecule has 0 fully saturated rings. The predicted molar refractivity (Wildman–Crippen MR) is 91.2 cm³/mol. The average Bonchev–Trinajstić information content (AvgIpc) is 3.23. The third-order valence-corrected chi connectivity index (χ3v) is 3.85. The Hall–Kier alpha value is -3.23. The van der Waals surface area contributed by atoms with Gasteiger partial charge < -0.3 is 10.1 Å². The fraction of sp³-hybridized carbons (Fsp3) is 0.235. The standard InChI is InChI=1S/C17H17F2N5O2/c1-3-24-10(2)15(9-20-24)21-16(25)14-8-13(22-23-14)11-4-6-12(7-5-11)26-17(18)19/h4-9,17H,3H2,1-2H3,(H,21,25)(H,22,23). The molecule has 3 aromatic rings. The highest BCUT2D eigenvalue weighted by molar-refractivity contribution is 6.03. The number of aromatic nitrogens is 4. The highest BCUT2D eigenvalue weighted by Crippen LogP contribution is 2.23. The number of nitrogens with zero attached hydrogens (tertiary/aromatic N) is 3. The Morgan fingerprint density at radius 3 is 2.69 bits per heavy atom. The molecule has 0 spiro atoms. The Labute approximate surface area is 148 Å². The van der Waals surface area contributed by atoms with Gasteiger partial charge in [-0.05, 0) is 44.2 Å². The maximum Gasteiger partial charge on any atom is 0.387 e. The van der Waals surface area contributed by atoms with Crippen molar-refractivity contribution < 1.29 is 18.3 Å². The topological polar surface area (TPSA) is 84.8 Å². The molecule has 7 nitrogen and oxygen atoms in total. The number of aryl methyl sites for hydroxylation is 1. The van der Waals surface area contributed by atoms with E-state index < -0.39 is 6.61 Å². The number of hydrogen-bond acceptors (Lipinski definition) is 4. The number of benzene rings is 1. The summed E-state index contributed by atoms with van der Waals surface area (Å²) in [5.41, 5.74) is 2.94. The molecule has 136 valence electrons. The van der Waals surface area contributed by atoms with E-state index in [1.807, 2.05) is 13.8 Å². The van der Waals surface area contributed by atoms with Gasteiger partial charge in [-0.3, -0.25) is 14.6 Å². The molecule has 0 saturated heterocycles. The first-order valence-corrected chi connectivity index (χ1v) is 7.92. The number of anilines is 1. The van der Waals surface area contributed by atoms with E-state index in [9.17, 15) is 13.6 Å². The van der Waals surface area contributed by atoms with Gasteiger partial charge in [0.1, 0.15) is 11.4 Å². The highest BCUT2D eigenvalue weighted by atomic mass is 19.3. The zero-order valence-electron chi connectivity index (χ0n) is 14.2. The second-order valence-electron chi connectivity index (χ2n) is 5.48. The predicted octanol–water partition coefficient (Wildman–Crippen LogP) is 3.46. The molecule has 0 aliphatic carbocycles. The molecule has 3 rings (SSSR count). The molecule has 0 radical (unpaired) electrons. The van der Waals surface area contributed by atoms with E-state index in [1.165, 1.54) is 12.1 Å². The Balaban J connectivity index is 1.72. The van der Waals surface area contributed by atoms with Gasteiger partial charge >= 0.3 is 6.61 Å². The minimum Gasteiger partial charge on any atom is -0.435 e. The number of aromatic amines is 1. The van der Waals surface area contributed by atoms with Crippen LogP contribution in [-0.4, -0.2) is 32.5 Å². The highest BCUT2D eigenvalue weighted by Gasteiger charge is 2.14. The van der Waals surface area contributed by atoms with Crippen LogP contribution >= 0.6 is 0 Å². The molecular weight excluding hydrogens is 344 g/mol. The summed E-state index contributed by atoms with van der Waals surface area (Å²) < 4.78 is 30.4. The molecule has 0 saturated carbocycles. The molecule has 9 heteroatoms. The van der Waals surface area contributed by atoms with Crippen molar-refractivity contribution >= 4 is 11.6 Å². The average molecular weight is 361 g/mol. The number of carbonyl (C=O) groups is 1. The van der Waals surface area contributed by atoms with Crippen LogP contribution < -0.4 is 10.1 Å². The van der Waals surface area contributed by atoms with Crippen molar-refractivity contribution in [2.24, 2.45) is 0 Å². The Kier molecular flexibility index (Phi) is 4.97. The van der Waals surface area contributed by atoms with Gasteiger partial charge in [-0.15, -0.1) is 0 Å². The minimum atomic E-state index is -2.87. The van der Waals surface area contributed by atoms with Crippen molar-refractivity contribution in [3.05, 3.63) is 47.9 Å². The summed E-state index contributed by atoms with van der Waals surface area (Å²) >= 11 is 0. The van der Waals surface area contributed by atoms with Crippen LogP contribution in [0.5, 0.6) is 5.75 Å². The first-order chi connectivity index (χ1) is 12.5. The maximum atomic E-state index is 12.4. The number of ether oxygens (including phenoxy) is 1. The molecule has 2 aromatic heterocycles. The third kappa shape index (κ3) is 3.71. The zero-order valence-corrected chi connectivity index (χ0v) is 14.2. The molecule has 1 aromatic carbocycles. The molecule has 2 heterocycles.